The zero-order chi connectivity index (χ0) is 21.4. The largest absolute Gasteiger partial charge is 0.495 e. The molecule has 0 saturated carbocycles. The van der Waals surface area contributed by atoms with Crippen LogP contribution in [0.25, 0.3) is 0 Å². The Kier molecular flexibility index (Phi) is 9.26. The predicted octanol–water partition coefficient (Wildman–Crippen LogP) is 3.53. The van der Waals surface area contributed by atoms with Crippen LogP contribution in [0, 0.1) is 0 Å². The van der Waals surface area contributed by atoms with E-state index in [2.05, 4.69) is 15.1 Å². The maximum Gasteiger partial charge on any atom is 0.409 e. The van der Waals surface area contributed by atoms with E-state index in [-0.39, 0.29) is 12.1 Å². The molecule has 29 heavy (non-hydrogen) atoms. The Morgan fingerprint density at radius 2 is 2.00 bits per heavy atom. The molecule has 1 fully saturated rings. The highest BCUT2D eigenvalue weighted by atomic mass is 35.5. The quantitative estimate of drug-likeness (QED) is 0.648. The molecule has 1 aromatic rings. The molecule has 0 bridgehead atoms. The monoisotopic (exact) mass is 442 g/mol. The van der Waals surface area contributed by atoms with E-state index in [0.717, 1.165) is 31.6 Å². The van der Waals surface area contributed by atoms with Gasteiger partial charge in [-0.3, -0.25) is 0 Å². The number of likely N-dealkylation sites (N-methyl/N-ethyl adjacent to an activating group) is 1. The summed E-state index contributed by atoms with van der Waals surface area (Å²) >= 11 is 12.0. The highest BCUT2D eigenvalue weighted by Gasteiger charge is 2.29. The number of hydrogen-bond donors (Lipinski definition) is 1. The van der Waals surface area contributed by atoms with Gasteiger partial charge < -0.3 is 29.5 Å². The third-order valence-corrected chi connectivity index (χ3v) is 5.52. The number of nitrogens with zero attached hydrogens (tertiary/aromatic N) is 3. The second-order valence-electron chi connectivity index (χ2n) is 7.19. The van der Waals surface area contributed by atoms with Gasteiger partial charge in [0.1, 0.15) is 5.75 Å². The fourth-order valence-electron chi connectivity index (χ4n) is 3.27. The third-order valence-electron chi connectivity index (χ3n) is 4.88. The van der Waals surface area contributed by atoms with Crippen molar-refractivity contribution >= 4 is 40.7 Å². The summed E-state index contributed by atoms with van der Waals surface area (Å²) < 4.78 is 10.3. The number of ether oxygens (including phenoxy) is 2. The predicted molar refractivity (Wildman–Crippen MR) is 121 cm³/mol. The summed E-state index contributed by atoms with van der Waals surface area (Å²) in [6.07, 6.45) is 1.45. The Balaban J connectivity index is 2.04. The number of methoxy groups -OCH3 is 1. The van der Waals surface area contributed by atoms with E-state index in [9.17, 15) is 4.79 Å². The number of likely N-dealkylation sites (tertiary alicyclic amines) is 1. The highest BCUT2D eigenvalue weighted by molar-refractivity contribution is 7.80. The average Bonchev–Trinajstić information content (AvgIpc) is 2.68. The van der Waals surface area contributed by atoms with E-state index in [1.165, 1.54) is 0 Å². The Morgan fingerprint density at radius 3 is 2.55 bits per heavy atom. The first-order chi connectivity index (χ1) is 13.8. The van der Waals surface area contributed by atoms with Crippen LogP contribution in [-0.2, 0) is 4.74 Å². The van der Waals surface area contributed by atoms with E-state index in [4.69, 9.17) is 33.3 Å². The van der Waals surface area contributed by atoms with E-state index in [1.807, 2.05) is 33.2 Å². The molecule has 1 aromatic carbocycles. The Labute approximate surface area is 183 Å². The second-order valence-corrected chi connectivity index (χ2v) is 7.99. The maximum absolute atomic E-state index is 12.0. The van der Waals surface area contributed by atoms with Crippen molar-refractivity contribution in [2.75, 3.05) is 59.3 Å². The van der Waals surface area contributed by atoms with Gasteiger partial charge in [0.05, 0.1) is 18.7 Å². The maximum atomic E-state index is 12.0. The number of amides is 1. The molecule has 0 atom stereocenters. The first kappa shape index (κ1) is 23.5. The van der Waals surface area contributed by atoms with Crippen LogP contribution in [0.15, 0.2) is 18.2 Å². The van der Waals surface area contributed by atoms with E-state index in [1.54, 1.807) is 18.1 Å². The molecule has 0 radical (unpaired) electrons. The summed E-state index contributed by atoms with van der Waals surface area (Å²) in [5, 5.41) is 4.49. The number of piperidine rings is 1. The molecule has 0 aromatic heterocycles. The topological polar surface area (TPSA) is 57.3 Å². The van der Waals surface area contributed by atoms with Crippen molar-refractivity contribution in [3.8, 4) is 5.75 Å². The average molecular weight is 443 g/mol. The summed E-state index contributed by atoms with van der Waals surface area (Å²) in [7, 11) is 5.67. The first-order valence-electron chi connectivity index (χ1n) is 9.83. The summed E-state index contributed by atoms with van der Waals surface area (Å²) in [4.78, 5) is 18.1. The minimum absolute atomic E-state index is 0.237. The molecule has 1 aliphatic heterocycles. The molecular formula is C20H31ClN4O3S. The summed E-state index contributed by atoms with van der Waals surface area (Å²) in [5.74, 6) is 0.624. The normalized spacial score (nSPS) is 14.6. The number of hydrogen-bond acceptors (Lipinski definition) is 5. The minimum Gasteiger partial charge on any atom is -0.495 e. The SMILES string of the molecule is CCOC(=O)N1CCC(N(CCN(C)C)C(=S)Nc2ccc(OC)c(Cl)c2)CC1. The van der Waals surface area contributed by atoms with Crippen LogP contribution in [0.1, 0.15) is 19.8 Å². The van der Waals surface area contributed by atoms with Crippen LogP contribution < -0.4 is 10.1 Å². The number of halogens is 1. The van der Waals surface area contributed by atoms with Crippen molar-refractivity contribution in [2.45, 2.75) is 25.8 Å². The molecule has 7 nitrogen and oxygen atoms in total. The van der Waals surface area contributed by atoms with Crippen LogP contribution in [0.2, 0.25) is 5.02 Å². The van der Waals surface area contributed by atoms with Gasteiger partial charge in [0.15, 0.2) is 5.11 Å². The standard InChI is InChI=1S/C20H31ClN4O3S/c1-5-28-20(26)24-10-8-16(9-11-24)25(13-12-23(2)3)19(29)22-15-6-7-18(27-4)17(21)14-15/h6-7,14,16H,5,8-13H2,1-4H3,(H,22,29). The van der Waals surface area contributed by atoms with Crippen LogP contribution in [0.3, 0.4) is 0 Å². The van der Waals surface area contributed by atoms with Crippen molar-refractivity contribution in [1.29, 1.82) is 0 Å². The lowest BCUT2D eigenvalue weighted by molar-refractivity contribution is 0.0867. The fraction of sp³-hybridized carbons (Fsp3) is 0.600. The zero-order valence-corrected chi connectivity index (χ0v) is 19.2. The van der Waals surface area contributed by atoms with Gasteiger partial charge in [-0.2, -0.15) is 0 Å². The summed E-state index contributed by atoms with van der Waals surface area (Å²) in [5.41, 5.74) is 0.819. The molecule has 0 aliphatic carbocycles. The van der Waals surface area contributed by atoms with Gasteiger partial charge >= 0.3 is 6.09 Å². The summed E-state index contributed by atoms with van der Waals surface area (Å²) in [6, 6.07) is 5.77. The molecule has 1 saturated heterocycles. The van der Waals surface area contributed by atoms with Crippen LogP contribution in [-0.4, -0.2) is 85.9 Å². The Hall–Kier alpha value is -1.77. The van der Waals surface area contributed by atoms with Gasteiger partial charge in [0.25, 0.3) is 0 Å². The number of anilines is 1. The molecule has 2 rings (SSSR count). The molecule has 1 amide bonds. The smallest absolute Gasteiger partial charge is 0.409 e. The first-order valence-corrected chi connectivity index (χ1v) is 10.6. The van der Waals surface area contributed by atoms with Gasteiger partial charge in [-0.25, -0.2) is 4.79 Å². The van der Waals surface area contributed by atoms with Crippen LogP contribution >= 0.6 is 23.8 Å². The van der Waals surface area contributed by atoms with Gasteiger partial charge in [0.2, 0.25) is 0 Å². The molecule has 1 heterocycles. The minimum atomic E-state index is -0.237. The molecule has 9 heteroatoms. The lowest BCUT2D eigenvalue weighted by atomic mass is 10.0. The van der Waals surface area contributed by atoms with Crippen molar-refractivity contribution in [3.05, 3.63) is 23.2 Å². The third kappa shape index (κ3) is 6.90. The highest BCUT2D eigenvalue weighted by Crippen LogP contribution is 2.28. The van der Waals surface area contributed by atoms with E-state index in [0.29, 0.717) is 35.6 Å². The zero-order valence-electron chi connectivity index (χ0n) is 17.6. The van der Waals surface area contributed by atoms with E-state index >= 15 is 0 Å². The number of rotatable bonds is 7. The van der Waals surface area contributed by atoms with Crippen molar-refractivity contribution < 1.29 is 14.3 Å². The number of benzene rings is 1. The number of carbonyl (C=O) groups is 1. The Morgan fingerprint density at radius 1 is 1.31 bits per heavy atom. The fourth-order valence-corrected chi connectivity index (χ4v) is 3.89. The second kappa shape index (κ2) is 11.4. The van der Waals surface area contributed by atoms with Gasteiger partial charge in [-0.05, 0) is 64.3 Å². The van der Waals surface area contributed by atoms with Gasteiger partial charge in [-0.15, -0.1) is 0 Å². The number of thiocarbonyl (C=S) groups is 1. The van der Waals surface area contributed by atoms with Crippen LogP contribution in [0.4, 0.5) is 10.5 Å². The van der Waals surface area contributed by atoms with Gasteiger partial charge in [0, 0.05) is 37.9 Å². The van der Waals surface area contributed by atoms with Crippen molar-refractivity contribution in [1.82, 2.24) is 14.7 Å². The van der Waals surface area contributed by atoms with Crippen molar-refractivity contribution in [3.63, 3.8) is 0 Å². The molecule has 0 spiro atoms. The molecule has 1 N–H and O–H groups in total. The molecule has 0 unspecified atom stereocenters. The van der Waals surface area contributed by atoms with E-state index < -0.39 is 0 Å². The van der Waals surface area contributed by atoms with Crippen molar-refractivity contribution in [2.24, 2.45) is 0 Å². The Bertz CT molecular complexity index is 696. The van der Waals surface area contributed by atoms with Crippen LogP contribution in [0.5, 0.6) is 5.75 Å². The molecule has 1 aliphatic rings. The lowest BCUT2D eigenvalue weighted by Gasteiger charge is -2.40. The molecule has 162 valence electrons. The molecular weight excluding hydrogens is 412 g/mol. The number of carbonyl (C=O) groups excluding carboxylic acids is 1. The van der Waals surface area contributed by atoms with Gasteiger partial charge in [-0.1, -0.05) is 11.6 Å². The number of nitrogens with one attached hydrogen (secondary N) is 1. The lowest BCUT2D eigenvalue weighted by Crippen LogP contribution is -2.51. The summed E-state index contributed by atoms with van der Waals surface area (Å²) in [6.45, 7) is 5.23.